The Kier molecular flexibility index (Phi) is 6.31. The highest BCUT2D eigenvalue weighted by Crippen LogP contribution is 2.63. The van der Waals surface area contributed by atoms with E-state index in [-0.39, 0.29) is 40.7 Å². The zero-order valence-electron chi connectivity index (χ0n) is 19.0. The molecule has 5 heteroatoms. The van der Waals surface area contributed by atoms with Crippen LogP contribution in [-0.2, 0) is 14.3 Å². The van der Waals surface area contributed by atoms with Crippen molar-refractivity contribution >= 4 is 11.8 Å². The maximum Gasteiger partial charge on any atom is 0.330 e. The number of aliphatic hydroxyl groups is 1. The van der Waals surface area contributed by atoms with Crippen LogP contribution in [0.25, 0.3) is 0 Å². The third-order valence-electron chi connectivity index (χ3n) is 8.52. The highest BCUT2D eigenvalue weighted by Gasteiger charge is 2.61. The molecule has 0 aromatic heterocycles. The molecule has 164 valence electrons. The van der Waals surface area contributed by atoms with Crippen LogP contribution in [0.15, 0.2) is 11.6 Å². The molecule has 0 aromatic rings. The molecular formula is C24H39NO4. The summed E-state index contributed by atoms with van der Waals surface area (Å²) in [7, 11) is 3.90. The summed E-state index contributed by atoms with van der Waals surface area (Å²) < 4.78 is 5.34. The van der Waals surface area contributed by atoms with Crippen molar-refractivity contribution in [2.24, 2.45) is 34.5 Å². The fourth-order valence-corrected chi connectivity index (χ4v) is 6.63. The maximum absolute atomic E-state index is 13.3. The average Bonchev–Trinajstić information content (AvgIpc) is 2.63. The highest BCUT2D eigenvalue weighted by molar-refractivity contribution is 5.86. The van der Waals surface area contributed by atoms with E-state index >= 15 is 0 Å². The third kappa shape index (κ3) is 4.05. The second-order valence-corrected chi connectivity index (χ2v) is 10.8. The summed E-state index contributed by atoms with van der Waals surface area (Å²) in [5.74, 6) is 0.645. The van der Waals surface area contributed by atoms with Gasteiger partial charge in [-0.15, -0.1) is 0 Å². The van der Waals surface area contributed by atoms with Crippen molar-refractivity contribution in [1.29, 1.82) is 0 Å². The standard InChI is InChI=1S/C24H39NO4/c1-15-16(13-21(28)29-12-11-25(5)6)7-8-17-22(15)18(26)14-19-23(2,3)20(27)9-10-24(17,19)4/h13,15,17,19-20,22,27H,7-12,14H2,1-6H3/t15-,17-,19-,20+,22+,24-/m0/s1. The Morgan fingerprint density at radius 3 is 2.62 bits per heavy atom. The molecule has 0 unspecified atom stereocenters. The minimum atomic E-state index is -0.335. The second kappa shape index (κ2) is 8.14. The molecule has 0 amide bonds. The summed E-state index contributed by atoms with van der Waals surface area (Å²) in [6.45, 7) is 9.82. The quantitative estimate of drug-likeness (QED) is 0.573. The van der Waals surface area contributed by atoms with Crippen LogP contribution in [0.4, 0.5) is 0 Å². The van der Waals surface area contributed by atoms with Gasteiger partial charge in [0.15, 0.2) is 0 Å². The smallest absolute Gasteiger partial charge is 0.330 e. The van der Waals surface area contributed by atoms with Crippen LogP contribution in [0.2, 0.25) is 0 Å². The summed E-state index contributed by atoms with van der Waals surface area (Å²) in [5, 5.41) is 10.6. The molecule has 3 aliphatic carbocycles. The van der Waals surface area contributed by atoms with Crippen LogP contribution in [0.3, 0.4) is 0 Å². The van der Waals surface area contributed by atoms with Crippen molar-refractivity contribution < 1.29 is 19.4 Å². The third-order valence-corrected chi connectivity index (χ3v) is 8.52. The van der Waals surface area contributed by atoms with E-state index in [1.54, 1.807) is 6.08 Å². The number of hydrogen-bond donors (Lipinski definition) is 1. The summed E-state index contributed by atoms with van der Waals surface area (Å²) in [6.07, 6.45) is 5.44. The van der Waals surface area contributed by atoms with Gasteiger partial charge in [-0.05, 0) is 68.4 Å². The molecule has 0 saturated heterocycles. The number of carbonyl (C=O) groups excluding carboxylic acids is 2. The van der Waals surface area contributed by atoms with Crippen LogP contribution in [0, 0.1) is 34.5 Å². The monoisotopic (exact) mass is 405 g/mol. The van der Waals surface area contributed by atoms with Crippen LogP contribution in [0.5, 0.6) is 0 Å². The number of aliphatic hydroxyl groups excluding tert-OH is 1. The number of ketones is 1. The van der Waals surface area contributed by atoms with Gasteiger partial charge in [-0.3, -0.25) is 4.79 Å². The van der Waals surface area contributed by atoms with Gasteiger partial charge in [0.25, 0.3) is 0 Å². The first-order valence-corrected chi connectivity index (χ1v) is 11.2. The number of carbonyl (C=O) groups is 2. The first-order chi connectivity index (χ1) is 13.5. The van der Waals surface area contributed by atoms with E-state index in [0.717, 1.165) is 31.3 Å². The lowest BCUT2D eigenvalue weighted by Gasteiger charge is -2.62. The molecule has 3 saturated carbocycles. The van der Waals surface area contributed by atoms with Gasteiger partial charge in [0.05, 0.1) is 6.10 Å². The number of nitrogens with zero attached hydrogens (tertiary/aromatic N) is 1. The Bertz CT molecular complexity index is 682. The molecule has 1 N–H and O–H groups in total. The lowest BCUT2D eigenvalue weighted by Crippen LogP contribution is -2.60. The lowest BCUT2D eigenvalue weighted by atomic mass is 9.42. The molecule has 0 radical (unpaired) electrons. The van der Waals surface area contributed by atoms with Crippen molar-refractivity contribution in [3.05, 3.63) is 11.6 Å². The Labute approximate surface area is 175 Å². The SMILES string of the molecule is C[C@H]1C(=CC(=O)OCCN(C)C)CC[C@H]2[C@@H]1C(=O)C[C@H]1C(C)(C)[C@H](O)CC[C@@]21C. The number of fused-ring (bicyclic) bond motifs is 3. The normalized spacial score (nSPS) is 40.5. The molecule has 3 aliphatic rings. The van der Waals surface area contributed by atoms with Crippen LogP contribution >= 0.6 is 0 Å². The summed E-state index contributed by atoms with van der Waals surface area (Å²) in [4.78, 5) is 27.5. The molecule has 0 spiro atoms. The molecule has 0 heterocycles. The number of ether oxygens (including phenoxy) is 1. The molecular weight excluding hydrogens is 366 g/mol. The molecule has 3 fully saturated rings. The number of allylic oxidation sites excluding steroid dienone is 1. The van der Waals surface area contributed by atoms with Crippen molar-refractivity contribution in [1.82, 2.24) is 4.90 Å². The second-order valence-electron chi connectivity index (χ2n) is 10.8. The van der Waals surface area contributed by atoms with Gasteiger partial charge in [-0.1, -0.05) is 33.3 Å². The predicted octanol–water partition coefficient (Wildman–Crippen LogP) is 3.46. The molecule has 29 heavy (non-hydrogen) atoms. The Morgan fingerprint density at radius 1 is 1.28 bits per heavy atom. The highest BCUT2D eigenvalue weighted by atomic mass is 16.5. The van der Waals surface area contributed by atoms with Crippen molar-refractivity contribution in [3.63, 3.8) is 0 Å². The molecule has 5 nitrogen and oxygen atoms in total. The van der Waals surface area contributed by atoms with Crippen LogP contribution in [-0.4, -0.2) is 55.1 Å². The Balaban J connectivity index is 1.78. The van der Waals surface area contributed by atoms with Gasteiger partial charge < -0.3 is 14.7 Å². The molecule has 0 bridgehead atoms. The van der Waals surface area contributed by atoms with E-state index in [2.05, 4.69) is 27.7 Å². The Hall–Kier alpha value is -1.20. The fourth-order valence-electron chi connectivity index (χ4n) is 6.63. The van der Waals surface area contributed by atoms with E-state index in [0.29, 0.717) is 31.3 Å². The van der Waals surface area contributed by atoms with Gasteiger partial charge in [-0.2, -0.15) is 0 Å². The van der Waals surface area contributed by atoms with Gasteiger partial charge in [-0.25, -0.2) is 4.79 Å². The topological polar surface area (TPSA) is 66.8 Å². The average molecular weight is 406 g/mol. The molecule has 3 rings (SSSR count). The summed E-state index contributed by atoms with van der Waals surface area (Å²) >= 11 is 0. The first kappa shape index (κ1) is 22.5. The van der Waals surface area contributed by atoms with Crippen molar-refractivity contribution in [2.75, 3.05) is 27.2 Å². The van der Waals surface area contributed by atoms with Gasteiger partial charge in [0.2, 0.25) is 0 Å². The predicted molar refractivity (Wildman–Crippen MR) is 113 cm³/mol. The van der Waals surface area contributed by atoms with Crippen LogP contribution in [0.1, 0.15) is 59.8 Å². The summed E-state index contributed by atoms with van der Waals surface area (Å²) in [5.41, 5.74) is 0.905. The van der Waals surface area contributed by atoms with Crippen molar-refractivity contribution in [3.8, 4) is 0 Å². The number of likely N-dealkylation sites (N-methyl/N-ethyl adjacent to an activating group) is 1. The first-order valence-electron chi connectivity index (χ1n) is 11.2. The minimum Gasteiger partial charge on any atom is -0.461 e. The fraction of sp³-hybridized carbons (Fsp3) is 0.833. The number of hydrogen-bond acceptors (Lipinski definition) is 5. The van der Waals surface area contributed by atoms with Gasteiger partial charge >= 0.3 is 5.97 Å². The minimum absolute atomic E-state index is 0.0168. The van der Waals surface area contributed by atoms with Gasteiger partial charge in [0.1, 0.15) is 12.4 Å². The van der Waals surface area contributed by atoms with E-state index < -0.39 is 0 Å². The molecule has 0 aromatic carbocycles. The van der Waals surface area contributed by atoms with E-state index in [4.69, 9.17) is 4.74 Å². The number of rotatable bonds is 4. The molecule has 6 atom stereocenters. The van der Waals surface area contributed by atoms with Gasteiger partial charge in [0, 0.05) is 25.0 Å². The van der Waals surface area contributed by atoms with E-state index in [1.165, 1.54) is 0 Å². The zero-order chi connectivity index (χ0) is 21.6. The number of Topliss-reactive ketones (excluding diaryl/α,β-unsaturated/α-hetero) is 1. The van der Waals surface area contributed by atoms with Crippen molar-refractivity contribution in [2.45, 2.75) is 65.9 Å². The largest absolute Gasteiger partial charge is 0.461 e. The zero-order valence-corrected chi connectivity index (χ0v) is 19.0. The van der Waals surface area contributed by atoms with Crippen LogP contribution < -0.4 is 0 Å². The lowest BCUT2D eigenvalue weighted by molar-refractivity contribution is -0.172. The van der Waals surface area contributed by atoms with E-state index in [1.807, 2.05) is 19.0 Å². The number of esters is 1. The van der Waals surface area contributed by atoms with E-state index in [9.17, 15) is 14.7 Å². The maximum atomic E-state index is 13.3. The summed E-state index contributed by atoms with van der Waals surface area (Å²) in [6, 6.07) is 0. The molecule has 0 aliphatic heterocycles. The Morgan fingerprint density at radius 2 is 1.97 bits per heavy atom.